The average molecular weight is 516 g/mol. The smallest absolute Gasteiger partial charge is 0.295 e. The van der Waals surface area contributed by atoms with Crippen LogP contribution in [0.15, 0.2) is 59.5 Å². The van der Waals surface area contributed by atoms with Gasteiger partial charge < -0.3 is 24.8 Å². The van der Waals surface area contributed by atoms with E-state index in [9.17, 15) is 4.79 Å². The lowest BCUT2D eigenvalue weighted by Gasteiger charge is -2.38. The highest BCUT2D eigenvalue weighted by Crippen LogP contribution is 2.38. The second-order valence-corrected chi connectivity index (χ2v) is 10.6. The highest BCUT2D eigenvalue weighted by molar-refractivity contribution is 5.91. The highest BCUT2D eigenvalue weighted by Gasteiger charge is 2.40. The number of anilines is 1. The Morgan fingerprint density at radius 3 is 2.71 bits per heavy atom. The van der Waals surface area contributed by atoms with Crippen LogP contribution in [0.3, 0.4) is 0 Å². The van der Waals surface area contributed by atoms with Crippen LogP contribution in [-0.4, -0.2) is 40.1 Å². The van der Waals surface area contributed by atoms with Crippen LogP contribution in [0.1, 0.15) is 62.9 Å². The maximum atomic E-state index is 14.0. The van der Waals surface area contributed by atoms with Crippen molar-refractivity contribution in [3.63, 3.8) is 0 Å². The van der Waals surface area contributed by atoms with Gasteiger partial charge in [0.05, 0.1) is 19.0 Å². The molecule has 0 saturated heterocycles. The van der Waals surface area contributed by atoms with Gasteiger partial charge in [-0.05, 0) is 49.9 Å². The Balaban J connectivity index is 1.41. The van der Waals surface area contributed by atoms with E-state index < -0.39 is 5.54 Å². The molecule has 1 fully saturated rings. The Morgan fingerprint density at radius 1 is 1.18 bits per heavy atom. The lowest BCUT2D eigenvalue weighted by Crippen LogP contribution is -2.55. The fourth-order valence-corrected chi connectivity index (χ4v) is 5.61. The monoisotopic (exact) mass is 515 g/mol. The van der Waals surface area contributed by atoms with Crippen LogP contribution in [0.4, 0.5) is 6.01 Å². The SMILES string of the molecule is CCc1coc(N[C@@](C)(Cc2c[nH]c3ccccc23)C(=O)NCC2(c3ccc(OC)cn3)CCCCC2)n1. The molecule has 1 aliphatic carbocycles. The van der Waals surface area contributed by atoms with Gasteiger partial charge in [0.2, 0.25) is 5.91 Å². The summed E-state index contributed by atoms with van der Waals surface area (Å²) in [4.78, 5) is 26.6. The molecule has 1 aromatic carbocycles. The molecule has 8 nitrogen and oxygen atoms in total. The van der Waals surface area contributed by atoms with Gasteiger partial charge in [0.25, 0.3) is 6.01 Å². The highest BCUT2D eigenvalue weighted by atomic mass is 16.5. The predicted molar refractivity (Wildman–Crippen MR) is 148 cm³/mol. The number of fused-ring (bicyclic) bond motifs is 1. The number of methoxy groups -OCH3 is 1. The summed E-state index contributed by atoms with van der Waals surface area (Å²) < 4.78 is 11.0. The van der Waals surface area contributed by atoms with Crippen molar-refractivity contribution >= 4 is 22.8 Å². The standard InChI is InChI=1S/C30H37N5O3/c1-4-22-19-38-28(34-22)35-29(2,16-21-17-31-25-11-7-6-10-24(21)25)27(36)33-20-30(14-8-5-9-15-30)26-13-12-23(37-3)18-32-26/h6-7,10-13,17-19,31H,4-5,8-9,14-16,20H2,1-3H3,(H,33,36)(H,34,35)/t29-/m0/s1. The first-order valence-corrected chi connectivity index (χ1v) is 13.5. The summed E-state index contributed by atoms with van der Waals surface area (Å²) in [5, 5.41) is 7.74. The number of oxazole rings is 1. The number of para-hydroxylation sites is 1. The number of carbonyl (C=O) groups excluding carboxylic acids is 1. The molecular weight excluding hydrogens is 478 g/mol. The van der Waals surface area contributed by atoms with Crippen LogP contribution in [-0.2, 0) is 23.1 Å². The largest absolute Gasteiger partial charge is 0.495 e. The first-order chi connectivity index (χ1) is 18.4. The van der Waals surface area contributed by atoms with E-state index in [2.05, 4.69) is 26.7 Å². The first-order valence-electron chi connectivity index (χ1n) is 13.5. The van der Waals surface area contributed by atoms with Crippen molar-refractivity contribution < 1.29 is 13.9 Å². The number of carbonyl (C=O) groups is 1. The predicted octanol–water partition coefficient (Wildman–Crippen LogP) is 5.55. The van der Waals surface area contributed by atoms with Crippen molar-refractivity contribution in [2.24, 2.45) is 0 Å². The minimum atomic E-state index is -0.996. The lowest BCUT2D eigenvalue weighted by molar-refractivity contribution is -0.125. The van der Waals surface area contributed by atoms with Crippen LogP contribution in [0.25, 0.3) is 10.9 Å². The van der Waals surface area contributed by atoms with Crippen LogP contribution in [0.2, 0.25) is 0 Å². The molecule has 3 N–H and O–H groups in total. The van der Waals surface area contributed by atoms with E-state index in [1.165, 1.54) is 6.42 Å². The zero-order valence-corrected chi connectivity index (χ0v) is 22.5. The fourth-order valence-electron chi connectivity index (χ4n) is 5.61. The number of aromatic amines is 1. The Kier molecular flexibility index (Phi) is 7.40. The molecule has 0 aliphatic heterocycles. The summed E-state index contributed by atoms with van der Waals surface area (Å²) in [5.41, 5.74) is 2.74. The third-order valence-corrected chi connectivity index (χ3v) is 7.93. The zero-order chi connectivity index (χ0) is 26.6. The lowest BCUT2D eigenvalue weighted by atomic mass is 9.71. The number of aromatic nitrogens is 3. The number of nitrogens with one attached hydrogen (secondary N) is 3. The molecular formula is C30H37N5O3. The van der Waals surface area contributed by atoms with E-state index in [0.29, 0.717) is 19.0 Å². The molecule has 1 amide bonds. The van der Waals surface area contributed by atoms with Gasteiger partial charge in [-0.1, -0.05) is 44.4 Å². The van der Waals surface area contributed by atoms with E-state index in [1.807, 2.05) is 50.4 Å². The van der Waals surface area contributed by atoms with Crippen LogP contribution >= 0.6 is 0 Å². The molecule has 0 bridgehead atoms. The molecule has 0 unspecified atom stereocenters. The van der Waals surface area contributed by atoms with Crippen molar-refractivity contribution in [1.82, 2.24) is 20.3 Å². The molecule has 3 heterocycles. The summed E-state index contributed by atoms with van der Waals surface area (Å²) in [6.45, 7) is 4.46. The van der Waals surface area contributed by atoms with Crippen LogP contribution in [0.5, 0.6) is 5.75 Å². The Morgan fingerprint density at radius 2 is 2.00 bits per heavy atom. The van der Waals surface area contributed by atoms with Gasteiger partial charge in [0.15, 0.2) is 0 Å². The minimum absolute atomic E-state index is 0.0995. The third-order valence-electron chi connectivity index (χ3n) is 7.93. The van der Waals surface area contributed by atoms with Gasteiger partial charge in [0.1, 0.15) is 17.6 Å². The molecule has 1 aliphatic rings. The van der Waals surface area contributed by atoms with Crippen molar-refractivity contribution in [2.75, 3.05) is 19.0 Å². The van der Waals surface area contributed by atoms with Crippen molar-refractivity contribution in [2.45, 2.75) is 69.7 Å². The minimum Gasteiger partial charge on any atom is -0.495 e. The van der Waals surface area contributed by atoms with Crippen molar-refractivity contribution in [3.05, 3.63) is 72.0 Å². The number of nitrogens with zero attached hydrogens (tertiary/aromatic N) is 2. The van der Waals surface area contributed by atoms with E-state index in [-0.39, 0.29) is 11.3 Å². The summed E-state index contributed by atoms with van der Waals surface area (Å²) in [5.74, 6) is 0.633. The molecule has 5 rings (SSSR count). The van der Waals surface area contributed by atoms with Crippen LogP contribution in [0, 0.1) is 0 Å². The Bertz CT molecular complexity index is 1370. The van der Waals surface area contributed by atoms with Gasteiger partial charge in [-0.3, -0.25) is 9.78 Å². The number of hydrogen-bond donors (Lipinski definition) is 3. The maximum absolute atomic E-state index is 14.0. The number of hydrogen-bond acceptors (Lipinski definition) is 6. The number of amides is 1. The number of rotatable bonds is 10. The Labute approximate surface area is 223 Å². The quantitative estimate of drug-likeness (QED) is 0.256. The topological polar surface area (TPSA) is 105 Å². The van der Waals surface area contributed by atoms with Gasteiger partial charge >= 0.3 is 0 Å². The van der Waals surface area contributed by atoms with Gasteiger partial charge in [-0.25, -0.2) is 0 Å². The number of pyridine rings is 1. The molecule has 1 atom stereocenters. The average Bonchev–Trinajstić information content (AvgIpc) is 3.59. The summed E-state index contributed by atoms with van der Waals surface area (Å²) in [6, 6.07) is 12.5. The van der Waals surface area contributed by atoms with Gasteiger partial charge in [0, 0.05) is 41.2 Å². The molecule has 4 aromatic rings. The summed E-state index contributed by atoms with van der Waals surface area (Å²) >= 11 is 0. The van der Waals surface area contributed by atoms with Crippen molar-refractivity contribution in [1.29, 1.82) is 0 Å². The first kappa shape index (κ1) is 25.8. The molecule has 38 heavy (non-hydrogen) atoms. The van der Waals surface area contributed by atoms with E-state index >= 15 is 0 Å². The second kappa shape index (κ2) is 10.9. The van der Waals surface area contributed by atoms with E-state index in [0.717, 1.165) is 65.7 Å². The molecule has 0 spiro atoms. The van der Waals surface area contributed by atoms with E-state index in [4.69, 9.17) is 14.1 Å². The van der Waals surface area contributed by atoms with Gasteiger partial charge in [-0.15, -0.1) is 0 Å². The molecule has 8 heteroatoms. The Hall–Kier alpha value is -3.81. The summed E-state index contributed by atoms with van der Waals surface area (Å²) in [6.07, 6.45) is 12.0. The third kappa shape index (κ3) is 5.26. The van der Waals surface area contributed by atoms with Crippen molar-refractivity contribution in [3.8, 4) is 5.75 Å². The number of ether oxygens (including phenoxy) is 1. The number of aryl methyl sites for hydroxylation is 1. The van der Waals surface area contributed by atoms with E-state index in [1.54, 1.807) is 19.6 Å². The zero-order valence-electron chi connectivity index (χ0n) is 22.5. The fraction of sp³-hybridized carbons (Fsp3) is 0.433. The maximum Gasteiger partial charge on any atom is 0.295 e. The number of H-pyrrole nitrogens is 1. The van der Waals surface area contributed by atoms with Gasteiger partial charge in [-0.2, -0.15) is 4.98 Å². The molecule has 200 valence electrons. The molecule has 0 radical (unpaired) electrons. The molecule has 3 aromatic heterocycles. The van der Waals surface area contributed by atoms with Crippen LogP contribution < -0.4 is 15.4 Å². The second-order valence-electron chi connectivity index (χ2n) is 10.6. The normalized spacial score (nSPS) is 16.6. The summed E-state index contributed by atoms with van der Waals surface area (Å²) in [7, 11) is 1.65. The molecule has 1 saturated carbocycles. The number of benzene rings is 1.